The third-order valence-electron chi connectivity index (χ3n) is 3.63. The standard InChI is InChI=1S/C15H19NO4/c1-3-10(2)16(9-14(17)18)15(19)12-4-5-13-11(8-12)6-7-20-13/h4-5,8,10H,3,6-7,9H2,1-2H3,(H,17,18). The Labute approximate surface area is 118 Å². The van der Waals surface area contributed by atoms with Crippen LogP contribution in [0, 0.1) is 0 Å². The Kier molecular flexibility index (Phi) is 4.27. The molecule has 108 valence electrons. The van der Waals surface area contributed by atoms with E-state index in [2.05, 4.69) is 0 Å². The van der Waals surface area contributed by atoms with Crippen LogP contribution >= 0.6 is 0 Å². The molecule has 1 amide bonds. The molecule has 0 spiro atoms. The third kappa shape index (κ3) is 2.92. The molecule has 0 saturated carbocycles. The average molecular weight is 277 g/mol. The molecule has 0 radical (unpaired) electrons. The van der Waals surface area contributed by atoms with Crippen molar-refractivity contribution in [3.05, 3.63) is 29.3 Å². The summed E-state index contributed by atoms with van der Waals surface area (Å²) in [5.41, 5.74) is 1.53. The number of fused-ring (bicyclic) bond motifs is 1. The molecule has 1 aromatic rings. The monoisotopic (exact) mass is 277 g/mol. The van der Waals surface area contributed by atoms with Crippen molar-refractivity contribution in [1.82, 2.24) is 4.90 Å². The molecule has 2 rings (SSSR count). The minimum atomic E-state index is -0.997. The van der Waals surface area contributed by atoms with E-state index in [9.17, 15) is 9.59 Å². The van der Waals surface area contributed by atoms with Gasteiger partial charge in [0.05, 0.1) is 6.61 Å². The first kappa shape index (κ1) is 14.4. The molecule has 1 atom stereocenters. The van der Waals surface area contributed by atoms with E-state index in [0.29, 0.717) is 18.6 Å². The molecule has 5 heteroatoms. The molecule has 1 aromatic carbocycles. The van der Waals surface area contributed by atoms with Crippen molar-refractivity contribution in [1.29, 1.82) is 0 Å². The smallest absolute Gasteiger partial charge is 0.323 e. The SMILES string of the molecule is CCC(C)N(CC(=O)O)C(=O)c1ccc2c(c1)CCO2. The number of carbonyl (C=O) groups is 2. The second kappa shape index (κ2) is 5.94. The summed E-state index contributed by atoms with van der Waals surface area (Å²) in [5, 5.41) is 8.97. The molecule has 0 aromatic heterocycles. The predicted octanol–water partition coefficient (Wildman–Crippen LogP) is 1.95. The van der Waals surface area contributed by atoms with Crippen molar-refractivity contribution >= 4 is 11.9 Å². The molecule has 1 aliphatic heterocycles. The number of ether oxygens (including phenoxy) is 1. The molecular formula is C15H19NO4. The first-order valence-corrected chi connectivity index (χ1v) is 6.81. The van der Waals surface area contributed by atoms with Crippen molar-refractivity contribution in [3.63, 3.8) is 0 Å². The number of carboxylic acid groups (broad SMARTS) is 1. The van der Waals surface area contributed by atoms with E-state index in [1.807, 2.05) is 19.9 Å². The summed E-state index contributed by atoms with van der Waals surface area (Å²) in [6, 6.07) is 5.18. The average Bonchev–Trinajstić information content (AvgIpc) is 2.90. The number of aliphatic carboxylic acids is 1. The summed E-state index contributed by atoms with van der Waals surface area (Å²) >= 11 is 0. The van der Waals surface area contributed by atoms with E-state index < -0.39 is 5.97 Å². The summed E-state index contributed by atoms with van der Waals surface area (Å²) in [4.78, 5) is 24.8. The van der Waals surface area contributed by atoms with Crippen LogP contribution in [0.3, 0.4) is 0 Å². The van der Waals surface area contributed by atoms with Gasteiger partial charge in [-0.1, -0.05) is 6.92 Å². The van der Waals surface area contributed by atoms with E-state index in [0.717, 1.165) is 17.7 Å². The van der Waals surface area contributed by atoms with Crippen LogP contribution in [0.4, 0.5) is 0 Å². The van der Waals surface area contributed by atoms with Gasteiger partial charge in [0.25, 0.3) is 5.91 Å². The lowest BCUT2D eigenvalue weighted by Crippen LogP contribution is -2.41. The Morgan fingerprint density at radius 1 is 1.45 bits per heavy atom. The van der Waals surface area contributed by atoms with Gasteiger partial charge in [-0.3, -0.25) is 9.59 Å². The third-order valence-corrected chi connectivity index (χ3v) is 3.63. The molecule has 5 nitrogen and oxygen atoms in total. The zero-order chi connectivity index (χ0) is 14.7. The number of benzene rings is 1. The summed E-state index contributed by atoms with van der Waals surface area (Å²) in [6.45, 7) is 4.15. The lowest BCUT2D eigenvalue weighted by molar-refractivity contribution is -0.138. The molecular weight excluding hydrogens is 258 g/mol. The minimum absolute atomic E-state index is 0.108. The summed E-state index contributed by atoms with van der Waals surface area (Å²) < 4.78 is 5.41. The summed E-state index contributed by atoms with van der Waals surface area (Å²) in [6.07, 6.45) is 1.51. The van der Waals surface area contributed by atoms with E-state index in [4.69, 9.17) is 9.84 Å². The maximum atomic E-state index is 12.5. The summed E-state index contributed by atoms with van der Waals surface area (Å²) in [7, 11) is 0. The highest BCUT2D eigenvalue weighted by molar-refractivity contribution is 5.96. The van der Waals surface area contributed by atoms with E-state index in [-0.39, 0.29) is 18.5 Å². The summed E-state index contributed by atoms with van der Waals surface area (Å²) in [5.74, 6) is -0.422. The van der Waals surface area contributed by atoms with Gasteiger partial charge in [0.15, 0.2) is 0 Å². The van der Waals surface area contributed by atoms with Crippen molar-refractivity contribution in [2.24, 2.45) is 0 Å². The fourth-order valence-corrected chi connectivity index (χ4v) is 2.28. The number of hydrogen-bond donors (Lipinski definition) is 1. The van der Waals surface area contributed by atoms with Crippen molar-refractivity contribution < 1.29 is 19.4 Å². The molecule has 20 heavy (non-hydrogen) atoms. The highest BCUT2D eigenvalue weighted by atomic mass is 16.5. The number of carboxylic acids is 1. The number of nitrogens with zero attached hydrogens (tertiary/aromatic N) is 1. The zero-order valence-electron chi connectivity index (χ0n) is 11.8. The highest BCUT2D eigenvalue weighted by Gasteiger charge is 2.24. The van der Waals surface area contributed by atoms with E-state index >= 15 is 0 Å². The molecule has 0 bridgehead atoms. The van der Waals surface area contributed by atoms with Crippen LogP contribution in [0.5, 0.6) is 5.75 Å². The van der Waals surface area contributed by atoms with Gasteiger partial charge in [-0.2, -0.15) is 0 Å². The zero-order valence-corrected chi connectivity index (χ0v) is 11.8. The molecule has 1 aliphatic rings. The maximum Gasteiger partial charge on any atom is 0.323 e. The maximum absolute atomic E-state index is 12.5. The highest BCUT2D eigenvalue weighted by Crippen LogP contribution is 2.26. The molecule has 0 fully saturated rings. The van der Waals surface area contributed by atoms with Crippen LogP contribution in [-0.2, 0) is 11.2 Å². The van der Waals surface area contributed by atoms with Crippen LogP contribution in [0.25, 0.3) is 0 Å². The Hall–Kier alpha value is -2.04. The number of amides is 1. The van der Waals surface area contributed by atoms with Crippen molar-refractivity contribution in [2.75, 3.05) is 13.2 Å². The molecule has 1 heterocycles. The normalized spacial score (nSPS) is 14.3. The second-order valence-electron chi connectivity index (χ2n) is 5.01. The van der Waals surface area contributed by atoms with Gasteiger partial charge >= 0.3 is 5.97 Å². The van der Waals surface area contributed by atoms with Gasteiger partial charge in [0.2, 0.25) is 0 Å². The van der Waals surface area contributed by atoms with E-state index in [1.54, 1.807) is 12.1 Å². The molecule has 0 saturated heterocycles. The first-order chi connectivity index (χ1) is 9.52. The van der Waals surface area contributed by atoms with Gasteiger partial charge < -0.3 is 14.7 Å². The molecule has 1 unspecified atom stereocenters. The lowest BCUT2D eigenvalue weighted by atomic mass is 10.1. The van der Waals surface area contributed by atoms with Gasteiger partial charge in [0.1, 0.15) is 12.3 Å². The lowest BCUT2D eigenvalue weighted by Gasteiger charge is -2.27. The first-order valence-electron chi connectivity index (χ1n) is 6.81. The number of rotatable bonds is 5. The van der Waals surface area contributed by atoms with Crippen molar-refractivity contribution in [2.45, 2.75) is 32.7 Å². The second-order valence-corrected chi connectivity index (χ2v) is 5.01. The van der Waals surface area contributed by atoms with E-state index in [1.165, 1.54) is 4.90 Å². The van der Waals surface area contributed by atoms with Crippen LogP contribution in [0.15, 0.2) is 18.2 Å². The van der Waals surface area contributed by atoms with Crippen LogP contribution in [0.2, 0.25) is 0 Å². The van der Waals surface area contributed by atoms with Gasteiger partial charge in [-0.25, -0.2) is 0 Å². The van der Waals surface area contributed by atoms with Gasteiger partial charge in [-0.05, 0) is 37.1 Å². The molecule has 1 N–H and O–H groups in total. The van der Waals surface area contributed by atoms with Gasteiger partial charge in [0, 0.05) is 18.0 Å². The number of hydrogen-bond acceptors (Lipinski definition) is 3. The van der Waals surface area contributed by atoms with Crippen LogP contribution in [0.1, 0.15) is 36.2 Å². The topological polar surface area (TPSA) is 66.8 Å². The number of carbonyl (C=O) groups excluding carboxylic acids is 1. The fourth-order valence-electron chi connectivity index (χ4n) is 2.28. The minimum Gasteiger partial charge on any atom is -0.493 e. The van der Waals surface area contributed by atoms with Crippen molar-refractivity contribution in [3.8, 4) is 5.75 Å². The largest absolute Gasteiger partial charge is 0.493 e. The predicted molar refractivity (Wildman–Crippen MR) is 74.1 cm³/mol. The Balaban J connectivity index is 2.24. The Bertz CT molecular complexity index is 527. The quantitative estimate of drug-likeness (QED) is 0.893. The van der Waals surface area contributed by atoms with Crippen LogP contribution < -0.4 is 4.74 Å². The molecule has 0 aliphatic carbocycles. The Morgan fingerprint density at radius 2 is 2.20 bits per heavy atom. The van der Waals surface area contributed by atoms with Gasteiger partial charge in [-0.15, -0.1) is 0 Å². The fraction of sp³-hybridized carbons (Fsp3) is 0.467. The van der Waals surface area contributed by atoms with Crippen LogP contribution in [-0.4, -0.2) is 41.1 Å². The Morgan fingerprint density at radius 3 is 2.85 bits per heavy atom.